The lowest BCUT2D eigenvalue weighted by atomic mass is 9.99. The first-order chi connectivity index (χ1) is 11.3. The van der Waals surface area contributed by atoms with Gasteiger partial charge in [0.05, 0.1) is 0 Å². The third-order valence-corrected chi connectivity index (χ3v) is 3.54. The van der Waals surface area contributed by atoms with Gasteiger partial charge in [-0.1, -0.05) is 13.8 Å². The number of benzene rings is 1. The van der Waals surface area contributed by atoms with Crippen LogP contribution in [-0.4, -0.2) is 22.7 Å². The van der Waals surface area contributed by atoms with E-state index in [9.17, 15) is 40.2 Å². The molecule has 0 saturated carbocycles. The van der Waals surface area contributed by atoms with Crippen LogP contribution in [0.5, 0.6) is 0 Å². The van der Waals surface area contributed by atoms with Crippen LogP contribution >= 0.6 is 0 Å². The third-order valence-electron chi connectivity index (χ3n) is 3.54. The number of hydrogen-bond donors (Lipinski definition) is 1. The van der Waals surface area contributed by atoms with Gasteiger partial charge in [-0.2, -0.15) is 18.3 Å². The Bertz CT molecular complexity index is 702. The van der Waals surface area contributed by atoms with Crippen molar-refractivity contribution >= 4 is 11.4 Å². The van der Waals surface area contributed by atoms with Crippen LogP contribution in [0.2, 0.25) is 0 Å². The van der Waals surface area contributed by atoms with Crippen molar-refractivity contribution in [1.29, 1.82) is 0 Å². The molecule has 1 atom stereocenters. The molecule has 3 nitrogen and oxygen atoms in total. The molecule has 0 fully saturated rings. The molecule has 2 rings (SSSR count). The van der Waals surface area contributed by atoms with E-state index in [0.717, 1.165) is 0 Å². The lowest BCUT2D eigenvalue weighted by Crippen LogP contribution is -2.55. The van der Waals surface area contributed by atoms with E-state index >= 15 is 0 Å². The van der Waals surface area contributed by atoms with Crippen LogP contribution in [0, 0.1) is 35.0 Å². The fourth-order valence-corrected chi connectivity index (χ4v) is 2.44. The standard InChI is InChI=1S/C14H12F8N2O/c1-5(2)3-6-4-13(25,14(20,21)22)24(23-6)12-10(18)8(16)7(15)9(17)11(12)19/h5,25H,3-4H2,1-2H3. The molecule has 0 aromatic heterocycles. The summed E-state index contributed by atoms with van der Waals surface area (Å²) in [6.45, 7) is 3.21. The topological polar surface area (TPSA) is 35.8 Å². The number of rotatable bonds is 3. The van der Waals surface area contributed by atoms with Crippen molar-refractivity contribution in [2.75, 3.05) is 5.01 Å². The summed E-state index contributed by atoms with van der Waals surface area (Å²) < 4.78 is 107. The number of alkyl halides is 3. The molecule has 25 heavy (non-hydrogen) atoms. The highest BCUT2D eigenvalue weighted by molar-refractivity contribution is 5.89. The van der Waals surface area contributed by atoms with Gasteiger partial charge in [0.2, 0.25) is 5.82 Å². The van der Waals surface area contributed by atoms with Crippen LogP contribution in [0.4, 0.5) is 40.8 Å². The Hall–Kier alpha value is -1.91. The first-order valence-corrected chi connectivity index (χ1v) is 6.98. The van der Waals surface area contributed by atoms with Gasteiger partial charge in [-0.05, 0) is 12.3 Å². The zero-order valence-corrected chi connectivity index (χ0v) is 12.9. The molecule has 1 unspecified atom stereocenters. The average molecular weight is 376 g/mol. The van der Waals surface area contributed by atoms with E-state index < -0.39 is 58.1 Å². The van der Waals surface area contributed by atoms with E-state index in [-0.39, 0.29) is 18.1 Å². The monoisotopic (exact) mass is 376 g/mol. The molecular weight excluding hydrogens is 364 g/mol. The first kappa shape index (κ1) is 19.4. The minimum absolute atomic E-state index is 0.0791. The Kier molecular flexibility index (Phi) is 4.75. The van der Waals surface area contributed by atoms with Gasteiger partial charge >= 0.3 is 6.18 Å². The molecule has 0 radical (unpaired) electrons. The molecule has 1 N–H and O–H groups in total. The predicted octanol–water partition coefficient (Wildman–Crippen LogP) is 4.25. The number of aliphatic hydroxyl groups is 1. The smallest absolute Gasteiger partial charge is 0.362 e. The Balaban J connectivity index is 2.71. The molecule has 0 spiro atoms. The third kappa shape index (κ3) is 3.05. The number of anilines is 1. The summed E-state index contributed by atoms with van der Waals surface area (Å²) in [6.07, 6.45) is -6.74. The Labute approximate surface area is 136 Å². The van der Waals surface area contributed by atoms with Gasteiger partial charge in [0.15, 0.2) is 23.3 Å². The second-order valence-electron chi connectivity index (χ2n) is 5.99. The minimum Gasteiger partial charge on any atom is -0.362 e. The summed E-state index contributed by atoms with van der Waals surface area (Å²) in [4.78, 5) is 0. The van der Waals surface area contributed by atoms with Crippen LogP contribution in [-0.2, 0) is 0 Å². The lowest BCUT2D eigenvalue weighted by molar-refractivity contribution is -0.254. The summed E-state index contributed by atoms with van der Waals surface area (Å²) >= 11 is 0. The van der Waals surface area contributed by atoms with Crippen LogP contribution in [0.25, 0.3) is 0 Å². The van der Waals surface area contributed by atoms with E-state index in [1.54, 1.807) is 13.8 Å². The maximum Gasteiger partial charge on any atom is 0.438 e. The highest BCUT2D eigenvalue weighted by Gasteiger charge is 2.63. The molecule has 0 aliphatic carbocycles. The maximum atomic E-state index is 13.9. The average Bonchev–Trinajstić information content (AvgIpc) is 2.80. The molecule has 0 bridgehead atoms. The normalized spacial score (nSPS) is 21.3. The zero-order chi connectivity index (χ0) is 19.3. The summed E-state index contributed by atoms with van der Waals surface area (Å²) in [7, 11) is 0. The van der Waals surface area contributed by atoms with Gasteiger partial charge in [0, 0.05) is 12.1 Å². The molecule has 11 heteroatoms. The second kappa shape index (κ2) is 6.11. The molecule has 1 aromatic carbocycles. The molecular formula is C14H12F8N2O. The minimum atomic E-state index is -5.48. The SMILES string of the molecule is CC(C)CC1=NN(c2c(F)c(F)c(F)c(F)c2F)C(O)(C(F)(F)F)C1. The molecule has 1 heterocycles. The highest BCUT2D eigenvalue weighted by Crippen LogP contribution is 2.45. The van der Waals surface area contributed by atoms with Crippen LogP contribution in [0.15, 0.2) is 5.10 Å². The van der Waals surface area contributed by atoms with Gasteiger partial charge in [-0.15, -0.1) is 0 Å². The fraction of sp³-hybridized carbons (Fsp3) is 0.500. The van der Waals surface area contributed by atoms with Crippen molar-refractivity contribution in [3.8, 4) is 0 Å². The van der Waals surface area contributed by atoms with Crippen LogP contribution in [0.3, 0.4) is 0 Å². The first-order valence-electron chi connectivity index (χ1n) is 6.98. The summed E-state index contributed by atoms with van der Waals surface area (Å²) in [5.41, 5.74) is -6.19. The summed E-state index contributed by atoms with van der Waals surface area (Å²) in [5.74, 6) is -12.7. The number of hydrazone groups is 1. The van der Waals surface area contributed by atoms with E-state index in [0.29, 0.717) is 0 Å². The van der Waals surface area contributed by atoms with E-state index in [2.05, 4.69) is 5.10 Å². The largest absolute Gasteiger partial charge is 0.438 e. The number of hydrogen-bond acceptors (Lipinski definition) is 3. The lowest BCUT2D eigenvalue weighted by Gasteiger charge is -2.34. The van der Waals surface area contributed by atoms with Crippen molar-refractivity contribution in [3.63, 3.8) is 0 Å². The van der Waals surface area contributed by atoms with E-state index in [4.69, 9.17) is 0 Å². The second-order valence-corrected chi connectivity index (χ2v) is 5.99. The predicted molar refractivity (Wildman–Crippen MR) is 71.2 cm³/mol. The fourth-order valence-electron chi connectivity index (χ4n) is 2.44. The maximum absolute atomic E-state index is 13.9. The van der Waals surface area contributed by atoms with Crippen molar-refractivity contribution in [1.82, 2.24) is 0 Å². The molecule has 0 saturated heterocycles. The van der Waals surface area contributed by atoms with Crippen molar-refractivity contribution in [3.05, 3.63) is 29.1 Å². The summed E-state index contributed by atoms with van der Waals surface area (Å²) in [5, 5.41) is 12.7. The van der Waals surface area contributed by atoms with Crippen molar-refractivity contribution < 1.29 is 40.2 Å². The highest BCUT2D eigenvalue weighted by atomic mass is 19.4. The molecule has 140 valence electrons. The number of nitrogens with zero attached hydrogens (tertiary/aromatic N) is 2. The van der Waals surface area contributed by atoms with Gasteiger partial charge in [0.25, 0.3) is 5.72 Å². The van der Waals surface area contributed by atoms with E-state index in [1.165, 1.54) is 0 Å². The molecule has 1 aromatic rings. The number of halogens is 8. The van der Waals surface area contributed by atoms with Crippen LogP contribution in [0.1, 0.15) is 26.7 Å². The van der Waals surface area contributed by atoms with Gasteiger partial charge in [-0.25, -0.2) is 27.0 Å². The van der Waals surface area contributed by atoms with E-state index in [1.807, 2.05) is 0 Å². The van der Waals surface area contributed by atoms with Crippen molar-refractivity contribution in [2.24, 2.45) is 11.0 Å². The van der Waals surface area contributed by atoms with Crippen LogP contribution < -0.4 is 5.01 Å². The van der Waals surface area contributed by atoms with Crippen molar-refractivity contribution in [2.45, 2.75) is 38.6 Å². The van der Waals surface area contributed by atoms with Gasteiger partial charge in [-0.3, -0.25) is 0 Å². The van der Waals surface area contributed by atoms with Gasteiger partial charge < -0.3 is 5.11 Å². The van der Waals surface area contributed by atoms with Gasteiger partial charge in [0.1, 0.15) is 5.69 Å². The quantitative estimate of drug-likeness (QED) is 0.487. The Morgan fingerprint density at radius 2 is 1.44 bits per heavy atom. The molecule has 1 aliphatic rings. The summed E-state index contributed by atoms with van der Waals surface area (Å²) in [6, 6.07) is 0. The molecule has 1 aliphatic heterocycles. The molecule has 0 amide bonds. The Morgan fingerprint density at radius 3 is 1.84 bits per heavy atom. The Morgan fingerprint density at radius 1 is 1.00 bits per heavy atom. The zero-order valence-electron chi connectivity index (χ0n) is 12.9.